The van der Waals surface area contributed by atoms with Gasteiger partial charge < -0.3 is 5.73 Å². The Balaban J connectivity index is 2.38. The Bertz CT molecular complexity index is 507. The number of nitrogen functional groups attached to an aromatic ring is 1. The van der Waals surface area contributed by atoms with Crippen LogP contribution in [0.15, 0.2) is 24.3 Å². The number of benzene rings is 1. The molecule has 0 bridgehead atoms. The first kappa shape index (κ1) is 11.9. The molecule has 0 fully saturated rings. The van der Waals surface area contributed by atoms with Gasteiger partial charge in [-0.3, -0.25) is 0 Å². The third-order valence-corrected chi connectivity index (χ3v) is 4.43. The lowest BCUT2D eigenvalue weighted by atomic mass is 9.99. The Morgan fingerprint density at radius 3 is 2.75 bits per heavy atom. The molecule has 1 heterocycles. The standard InChI is InChI=1S/C12H13IN2S/c1-7(9-4-3-5-10(13)6-9)11-8(2)15-12(14)16-11/h3-7H,1-2H3,(H2,14,15). The highest BCUT2D eigenvalue weighted by Gasteiger charge is 2.15. The quantitative estimate of drug-likeness (QED) is 0.842. The molecule has 4 heteroatoms. The molecule has 0 saturated heterocycles. The van der Waals surface area contributed by atoms with Crippen LogP contribution in [0.2, 0.25) is 0 Å². The predicted octanol–water partition coefficient (Wildman–Crippen LogP) is 3.79. The van der Waals surface area contributed by atoms with E-state index in [0.29, 0.717) is 11.0 Å². The molecular formula is C12H13IN2S. The first-order valence-electron chi connectivity index (χ1n) is 5.06. The zero-order chi connectivity index (χ0) is 11.7. The Morgan fingerprint density at radius 2 is 2.19 bits per heavy atom. The van der Waals surface area contributed by atoms with Gasteiger partial charge in [-0.15, -0.1) is 11.3 Å². The first-order chi connectivity index (χ1) is 7.58. The Hall–Kier alpha value is -0.620. The van der Waals surface area contributed by atoms with E-state index in [-0.39, 0.29) is 0 Å². The molecule has 0 aliphatic carbocycles. The van der Waals surface area contributed by atoms with Crippen molar-refractivity contribution in [3.63, 3.8) is 0 Å². The smallest absolute Gasteiger partial charge is 0.180 e. The van der Waals surface area contributed by atoms with Gasteiger partial charge in [0.2, 0.25) is 0 Å². The van der Waals surface area contributed by atoms with Crippen LogP contribution in [0, 0.1) is 10.5 Å². The van der Waals surface area contributed by atoms with Crippen molar-refractivity contribution < 1.29 is 0 Å². The monoisotopic (exact) mass is 344 g/mol. The zero-order valence-electron chi connectivity index (χ0n) is 9.20. The van der Waals surface area contributed by atoms with E-state index in [0.717, 1.165) is 5.69 Å². The van der Waals surface area contributed by atoms with Crippen molar-refractivity contribution in [3.8, 4) is 0 Å². The molecule has 16 heavy (non-hydrogen) atoms. The van der Waals surface area contributed by atoms with Gasteiger partial charge in [-0.25, -0.2) is 4.98 Å². The van der Waals surface area contributed by atoms with Crippen molar-refractivity contribution in [1.82, 2.24) is 4.98 Å². The highest BCUT2D eigenvalue weighted by molar-refractivity contribution is 14.1. The van der Waals surface area contributed by atoms with E-state index in [1.54, 1.807) is 11.3 Å². The molecule has 2 aromatic rings. The van der Waals surface area contributed by atoms with Gasteiger partial charge in [0.1, 0.15) is 0 Å². The summed E-state index contributed by atoms with van der Waals surface area (Å²) in [5.74, 6) is 0.365. The van der Waals surface area contributed by atoms with Gasteiger partial charge in [-0.05, 0) is 47.2 Å². The summed E-state index contributed by atoms with van der Waals surface area (Å²) in [6.07, 6.45) is 0. The molecule has 0 aliphatic rings. The van der Waals surface area contributed by atoms with Gasteiger partial charge in [-0.1, -0.05) is 19.1 Å². The molecule has 1 atom stereocenters. The van der Waals surface area contributed by atoms with Crippen LogP contribution in [0.3, 0.4) is 0 Å². The normalized spacial score (nSPS) is 12.7. The van der Waals surface area contributed by atoms with E-state index >= 15 is 0 Å². The fourth-order valence-electron chi connectivity index (χ4n) is 1.76. The summed E-state index contributed by atoms with van der Waals surface area (Å²) in [6, 6.07) is 8.56. The van der Waals surface area contributed by atoms with Gasteiger partial charge in [0.05, 0.1) is 5.69 Å². The zero-order valence-corrected chi connectivity index (χ0v) is 12.2. The number of anilines is 1. The SMILES string of the molecule is Cc1nc(N)sc1C(C)c1cccc(I)c1. The van der Waals surface area contributed by atoms with E-state index < -0.39 is 0 Å². The first-order valence-corrected chi connectivity index (χ1v) is 6.95. The number of thiazole rings is 1. The maximum absolute atomic E-state index is 5.73. The highest BCUT2D eigenvalue weighted by Crippen LogP contribution is 2.32. The van der Waals surface area contributed by atoms with Crippen LogP contribution in [0.5, 0.6) is 0 Å². The molecule has 1 aromatic heterocycles. The second-order valence-electron chi connectivity index (χ2n) is 3.78. The molecule has 2 nitrogen and oxygen atoms in total. The summed E-state index contributed by atoms with van der Waals surface area (Å²) in [4.78, 5) is 5.54. The van der Waals surface area contributed by atoms with Crippen molar-refractivity contribution in [2.45, 2.75) is 19.8 Å². The molecule has 2 N–H and O–H groups in total. The number of hydrogen-bond donors (Lipinski definition) is 1. The minimum Gasteiger partial charge on any atom is -0.375 e. The van der Waals surface area contributed by atoms with Crippen LogP contribution in [0.25, 0.3) is 0 Å². The lowest BCUT2D eigenvalue weighted by Gasteiger charge is -2.10. The Kier molecular flexibility index (Phi) is 3.49. The van der Waals surface area contributed by atoms with Crippen LogP contribution >= 0.6 is 33.9 Å². The van der Waals surface area contributed by atoms with Crippen LogP contribution < -0.4 is 5.73 Å². The van der Waals surface area contributed by atoms with E-state index in [1.165, 1.54) is 14.0 Å². The van der Waals surface area contributed by atoms with E-state index in [4.69, 9.17) is 5.73 Å². The summed E-state index contributed by atoms with van der Waals surface area (Å²) < 4.78 is 1.26. The largest absolute Gasteiger partial charge is 0.375 e. The molecular weight excluding hydrogens is 331 g/mol. The lowest BCUT2D eigenvalue weighted by Crippen LogP contribution is -1.95. The van der Waals surface area contributed by atoms with Crippen molar-refractivity contribution in [2.24, 2.45) is 0 Å². The number of hydrogen-bond acceptors (Lipinski definition) is 3. The third kappa shape index (κ3) is 2.38. The molecule has 0 aliphatic heterocycles. The van der Waals surface area contributed by atoms with E-state index in [1.807, 2.05) is 6.92 Å². The molecule has 1 unspecified atom stereocenters. The number of nitrogens with two attached hydrogens (primary N) is 1. The number of aryl methyl sites for hydroxylation is 1. The minimum absolute atomic E-state index is 0.365. The van der Waals surface area contributed by atoms with Gasteiger partial charge in [0, 0.05) is 14.4 Å². The van der Waals surface area contributed by atoms with Crippen molar-refractivity contribution >= 4 is 39.1 Å². The minimum atomic E-state index is 0.365. The summed E-state index contributed by atoms with van der Waals surface area (Å²) in [6.45, 7) is 4.22. The maximum atomic E-state index is 5.73. The van der Waals surface area contributed by atoms with Crippen LogP contribution in [0.1, 0.15) is 29.0 Å². The molecule has 0 saturated carbocycles. The number of rotatable bonds is 2. The van der Waals surface area contributed by atoms with Crippen LogP contribution in [-0.4, -0.2) is 4.98 Å². The summed E-state index contributed by atoms with van der Waals surface area (Å²) in [7, 11) is 0. The molecule has 0 amide bonds. The van der Waals surface area contributed by atoms with Crippen molar-refractivity contribution in [1.29, 1.82) is 0 Å². The van der Waals surface area contributed by atoms with Gasteiger partial charge in [-0.2, -0.15) is 0 Å². The van der Waals surface area contributed by atoms with E-state index in [9.17, 15) is 0 Å². The third-order valence-electron chi connectivity index (χ3n) is 2.59. The Morgan fingerprint density at radius 1 is 1.44 bits per heavy atom. The number of aromatic nitrogens is 1. The van der Waals surface area contributed by atoms with Gasteiger partial charge in [0.15, 0.2) is 5.13 Å². The predicted molar refractivity (Wildman–Crippen MR) is 77.9 cm³/mol. The summed E-state index contributed by atoms with van der Waals surface area (Å²) in [5.41, 5.74) is 8.10. The van der Waals surface area contributed by atoms with Crippen LogP contribution in [-0.2, 0) is 0 Å². The lowest BCUT2D eigenvalue weighted by molar-refractivity contribution is 0.926. The molecule has 2 rings (SSSR count). The second kappa shape index (κ2) is 4.71. The average molecular weight is 344 g/mol. The number of halogens is 1. The number of nitrogens with zero attached hydrogens (tertiary/aromatic N) is 1. The maximum Gasteiger partial charge on any atom is 0.180 e. The molecule has 1 aromatic carbocycles. The molecule has 84 valence electrons. The molecule has 0 spiro atoms. The van der Waals surface area contributed by atoms with Crippen molar-refractivity contribution in [3.05, 3.63) is 44.0 Å². The van der Waals surface area contributed by atoms with Gasteiger partial charge in [0.25, 0.3) is 0 Å². The average Bonchev–Trinajstić information content (AvgIpc) is 2.57. The van der Waals surface area contributed by atoms with Gasteiger partial charge >= 0.3 is 0 Å². The Labute approximate surface area is 113 Å². The topological polar surface area (TPSA) is 38.9 Å². The summed E-state index contributed by atoms with van der Waals surface area (Å²) >= 11 is 3.92. The highest BCUT2D eigenvalue weighted by atomic mass is 127. The molecule has 0 radical (unpaired) electrons. The second-order valence-corrected chi connectivity index (χ2v) is 6.09. The summed E-state index contributed by atoms with van der Waals surface area (Å²) in [5, 5.41) is 0.657. The van der Waals surface area contributed by atoms with Crippen LogP contribution in [0.4, 0.5) is 5.13 Å². The van der Waals surface area contributed by atoms with Crippen molar-refractivity contribution in [2.75, 3.05) is 5.73 Å². The van der Waals surface area contributed by atoms with E-state index in [2.05, 4.69) is 58.8 Å². The fourth-order valence-corrected chi connectivity index (χ4v) is 3.24. The fraction of sp³-hybridized carbons (Fsp3) is 0.250.